The number of hydrogen-bond acceptors (Lipinski definition) is 6. The van der Waals surface area contributed by atoms with E-state index in [0.717, 1.165) is 15.2 Å². The maximum atomic E-state index is 13.0. The van der Waals surface area contributed by atoms with Crippen molar-refractivity contribution in [3.05, 3.63) is 53.5 Å². The van der Waals surface area contributed by atoms with Gasteiger partial charge in [-0.05, 0) is 31.3 Å². The number of amides is 1. The fourth-order valence-corrected chi connectivity index (χ4v) is 4.03. The Hall–Kier alpha value is -2.95. The quantitative estimate of drug-likeness (QED) is 0.583. The van der Waals surface area contributed by atoms with E-state index in [-0.39, 0.29) is 18.9 Å². The first-order chi connectivity index (χ1) is 13.6. The van der Waals surface area contributed by atoms with Crippen molar-refractivity contribution >= 4 is 33.1 Å². The third-order valence-corrected chi connectivity index (χ3v) is 5.29. The molecule has 0 atom stereocenters. The predicted molar refractivity (Wildman–Crippen MR) is 112 cm³/mol. The Morgan fingerprint density at radius 3 is 2.71 bits per heavy atom. The van der Waals surface area contributed by atoms with E-state index in [2.05, 4.69) is 11.1 Å². The summed E-state index contributed by atoms with van der Waals surface area (Å²) in [5.41, 5.74) is 1.66. The number of carbonyl (C=O) groups is 1. The summed E-state index contributed by atoms with van der Waals surface area (Å²) in [5.74, 6) is 0.533. The summed E-state index contributed by atoms with van der Waals surface area (Å²) < 4.78 is 6.53. The minimum Gasteiger partial charge on any atom is -0.495 e. The smallest absolute Gasteiger partial charge is 0.241 e. The van der Waals surface area contributed by atoms with Crippen LogP contribution in [0.2, 0.25) is 0 Å². The minimum absolute atomic E-state index is 0.0802. The van der Waals surface area contributed by atoms with E-state index >= 15 is 0 Å². The van der Waals surface area contributed by atoms with E-state index in [9.17, 15) is 4.79 Å². The van der Waals surface area contributed by atoms with Crippen LogP contribution in [0.25, 0.3) is 10.2 Å². The summed E-state index contributed by atoms with van der Waals surface area (Å²) in [6.07, 6.45) is 0.255. The normalized spacial score (nSPS) is 10.8. The van der Waals surface area contributed by atoms with Gasteiger partial charge in [0.15, 0.2) is 0 Å². The molecule has 0 fully saturated rings. The first-order valence-electron chi connectivity index (χ1n) is 8.95. The predicted octanol–water partition coefficient (Wildman–Crippen LogP) is 3.68. The van der Waals surface area contributed by atoms with Crippen molar-refractivity contribution in [1.29, 1.82) is 5.26 Å². The van der Waals surface area contributed by atoms with E-state index in [1.54, 1.807) is 23.3 Å². The Kier molecular flexibility index (Phi) is 6.58. The number of nitriles is 1. The molecule has 1 aromatic heterocycles. The Balaban J connectivity index is 1.72. The number of aromatic nitrogens is 1. The molecular weight excluding hydrogens is 372 g/mol. The summed E-state index contributed by atoms with van der Waals surface area (Å²) in [4.78, 5) is 21.2. The fourth-order valence-electron chi connectivity index (χ4n) is 2.98. The van der Waals surface area contributed by atoms with E-state index in [4.69, 9.17) is 10.00 Å². The highest BCUT2D eigenvalue weighted by Crippen LogP contribution is 2.28. The maximum absolute atomic E-state index is 13.0. The fraction of sp³-hybridized carbons (Fsp3) is 0.286. The van der Waals surface area contributed by atoms with Crippen LogP contribution in [0, 0.1) is 11.3 Å². The van der Waals surface area contributed by atoms with Gasteiger partial charge in [0, 0.05) is 6.54 Å². The van der Waals surface area contributed by atoms with Gasteiger partial charge in [-0.25, -0.2) is 4.98 Å². The van der Waals surface area contributed by atoms with Gasteiger partial charge >= 0.3 is 0 Å². The van der Waals surface area contributed by atoms with Crippen LogP contribution in [0.4, 0.5) is 5.69 Å². The second-order valence-electron chi connectivity index (χ2n) is 6.37. The molecule has 0 radical (unpaired) electrons. The van der Waals surface area contributed by atoms with Crippen molar-refractivity contribution in [2.24, 2.45) is 0 Å². The molecule has 0 spiro atoms. The number of rotatable bonds is 8. The van der Waals surface area contributed by atoms with Crippen LogP contribution in [-0.2, 0) is 11.3 Å². The van der Waals surface area contributed by atoms with Gasteiger partial charge < -0.3 is 9.64 Å². The molecule has 1 amide bonds. The van der Waals surface area contributed by atoms with E-state index in [1.807, 2.05) is 60.5 Å². The lowest BCUT2D eigenvalue weighted by atomic mass is 10.2. The maximum Gasteiger partial charge on any atom is 0.241 e. The van der Waals surface area contributed by atoms with Gasteiger partial charge in [-0.1, -0.05) is 24.3 Å². The average molecular weight is 395 g/mol. The van der Waals surface area contributed by atoms with Crippen LogP contribution >= 0.6 is 11.3 Å². The minimum atomic E-state index is -0.0802. The molecule has 28 heavy (non-hydrogen) atoms. The van der Waals surface area contributed by atoms with Gasteiger partial charge in [0.2, 0.25) is 5.91 Å². The van der Waals surface area contributed by atoms with Gasteiger partial charge in [0.05, 0.1) is 48.6 Å². The molecule has 3 rings (SSSR count). The molecule has 2 aromatic carbocycles. The Labute approximate surface area is 168 Å². The first kappa shape index (κ1) is 19.8. The molecule has 0 saturated carbocycles. The monoisotopic (exact) mass is 394 g/mol. The summed E-state index contributed by atoms with van der Waals surface area (Å²) in [6, 6.07) is 17.5. The third kappa shape index (κ3) is 4.66. The summed E-state index contributed by atoms with van der Waals surface area (Å²) in [6.45, 7) is 1.13. The molecule has 1 heterocycles. The van der Waals surface area contributed by atoms with Crippen LogP contribution in [0.3, 0.4) is 0 Å². The highest BCUT2D eigenvalue weighted by atomic mass is 32.1. The Bertz CT molecular complexity index is 962. The van der Waals surface area contributed by atoms with Crippen molar-refractivity contribution in [3.8, 4) is 11.8 Å². The number of ether oxygens (including phenoxy) is 1. The number of anilines is 1. The number of likely N-dealkylation sites (N-methyl/N-ethyl adjacent to an activating group) is 1. The molecule has 144 valence electrons. The van der Waals surface area contributed by atoms with Gasteiger partial charge in [-0.3, -0.25) is 9.69 Å². The van der Waals surface area contributed by atoms with Crippen molar-refractivity contribution in [3.63, 3.8) is 0 Å². The average Bonchev–Trinajstić information content (AvgIpc) is 3.10. The Morgan fingerprint density at radius 2 is 1.96 bits per heavy atom. The number of fused-ring (bicyclic) bond motifs is 1. The van der Waals surface area contributed by atoms with Crippen molar-refractivity contribution < 1.29 is 9.53 Å². The third-order valence-electron chi connectivity index (χ3n) is 4.27. The molecule has 0 N–H and O–H groups in total. The highest BCUT2D eigenvalue weighted by molar-refractivity contribution is 7.18. The second kappa shape index (κ2) is 9.31. The molecule has 0 aliphatic heterocycles. The standard InChI is InChI=1S/C21H22N4O2S/c1-24(14-20-23-16-8-3-6-11-19(16)28-20)15-21(26)25(13-7-12-22)17-9-4-5-10-18(17)27-2/h3-6,8-11H,7,13-15H2,1-2H3. The molecular formula is C21H22N4O2S. The summed E-state index contributed by atoms with van der Waals surface area (Å²) >= 11 is 1.64. The Morgan fingerprint density at radius 1 is 1.21 bits per heavy atom. The lowest BCUT2D eigenvalue weighted by molar-refractivity contribution is -0.119. The number of thiazole rings is 1. The number of para-hydroxylation sites is 3. The van der Waals surface area contributed by atoms with Crippen LogP contribution in [0.5, 0.6) is 5.75 Å². The zero-order valence-electron chi connectivity index (χ0n) is 16.0. The van der Waals surface area contributed by atoms with Crippen LogP contribution in [0.1, 0.15) is 11.4 Å². The van der Waals surface area contributed by atoms with Gasteiger partial charge in [-0.15, -0.1) is 11.3 Å². The molecule has 6 nitrogen and oxygen atoms in total. The van der Waals surface area contributed by atoms with Crippen molar-refractivity contribution in [2.75, 3.05) is 32.1 Å². The van der Waals surface area contributed by atoms with Crippen molar-refractivity contribution in [1.82, 2.24) is 9.88 Å². The zero-order valence-corrected chi connectivity index (χ0v) is 16.8. The molecule has 0 unspecified atom stereocenters. The van der Waals surface area contributed by atoms with E-state index in [1.165, 1.54) is 0 Å². The van der Waals surface area contributed by atoms with E-state index in [0.29, 0.717) is 24.5 Å². The first-order valence-corrected chi connectivity index (χ1v) is 9.77. The number of methoxy groups -OCH3 is 1. The topological polar surface area (TPSA) is 69.5 Å². The molecule has 7 heteroatoms. The molecule has 0 saturated heterocycles. The van der Waals surface area contributed by atoms with Crippen LogP contribution < -0.4 is 9.64 Å². The lowest BCUT2D eigenvalue weighted by Gasteiger charge is -2.26. The van der Waals surface area contributed by atoms with Gasteiger partial charge in [-0.2, -0.15) is 5.26 Å². The van der Waals surface area contributed by atoms with Crippen molar-refractivity contribution in [2.45, 2.75) is 13.0 Å². The molecule has 0 aliphatic rings. The van der Waals surface area contributed by atoms with Gasteiger partial charge in [0.1, 0.15) is 10.8 Å². The largest absolute Gasteiger partial charge is 0.495 e. The lowest BCUT2D eigenvalue weighted by Crippen LogP contribution is -2.39. The van der Waals surface area contributed by atoms with E-state index < -0.39 is 0 Å². The number of nitrogens with zero attached hydrogens (tertiary/aromatic N) is 4. The SMILES string of the molecule is COc1ccccc1N(CCC#N)C(=O)CN(C)Cc1nc2ccccc2s1. The van der Waals surface area contributed by atoms with Crippen LogP contribution in [-0.4, -0.2) is 43.0 Å². The number of carbonyl (C=O) groups excluding carboxylic acids is 1. The molecule has 0 bridgehead atoms. The van der Waals surface area contributed by atoms with Gasteiger partial charge in [0.25, 0.3) is 0 Å². The number of benzene rings is 2. The number of hydrogen-bond donors (Lipinski definition) is 0. The molecule has 3 aromatic rings. The second-order valence-corrected chi connectivity index (χ2v) is 7.49. The summed E-state index contributed by atoms with van der Waals surface area (Å²) in [7, 11) is 3.47. The highest BCUT2D eigenvalue weighted by Gasteiger charge is 2.20. The molecule has 0 aliphatic carbocycles. The zero-order chi connectivity index (χ0) is 19.9. The summed E-state index contributed by atoms with van der Waals surface area (Å²) in [5, 5.41) is 9.95. The van der Waals surface area contributed by atoms with Crippen LogP contribution in [0.15, 0.2) is 48.5 Å².